The second-order valence-electron chi connectivity index (χ2n) is 3.75. The van der Waals surface area contributed by atoms with Gasteiger partial charge >= 0.3 is 0 Å². The maximum absolute atomic E-state index is 5.88. The molecule has 0 aliphatic heterocycles. The van der Waals surface area contributed by atoms with Crippen LogP contribution >= 0.6 is 0 Å². The summed E-state index contributed by atoms with van der Waals surface area (Å²) in [5.74, 6) is 0. The zero-order chi connectivity index (χ0) is 12.4. The van der Waals surface area contributed by atoms with Crippen molar-refractivity contribution in [2.75, 3.05) is 28.3 Å². The molecule has 0 bridgehead atoms. The number of nitrogen functional groups attached to an aromatic ring is 4. The van der Waals surface area contributed by atoms with E-state index in [4.69, 9.17) is 22.9 Å². The molecule has 17 heavy (non-hydrogen) atoms. The zero-order valence-electron chi connectivity index (χ0n) is 9.27. The minimum atomic E-state index is 0.309. The molecule has 0 aliphatic carbocycles. The molecule has 0 atom stereocenters. The van der Waals surface area contributed by atoms with Crippen LogP contribution in [0.4, 0.5) is 34.1 Å². The van der Waals surface area contributed by atoms with Crippen LogP contribution in [0, 0.1) is 0 Å². The molecule has 0 amide bonds. The number of nitrogens with one attached hydrogen (secondary N) is 1. The van der Waals surface area contributed by atoms with Crippen molar-refractivity contribution in [2.45, 2.75) is 0 Å². The van der Waals surface area contributed by atoms with E-state index in [1.807, 2.05) is 30.3 Å². The maximum atomic E-state index is 5.88. The second-order valence-corrected chi connectivity index (χ2v) is 3.75. The molecule has 0 spiro atoms. The number of hydrogen-bond donors (Lipinski definition) is 5. The van der Waals surface area contributed by atoms with Crippen molar-refractivity contribution >= 4 is 34.1 Å². The highest BCUT2D eigenvalue weighted by atomic mass is 14.9. The smallest absolute Gasteiger partial charge is 0.0824 e. The third-order valence-electron chi connectivity index (χ3n) is 2.53. The molecule has 2 rings (SSSR count). The van der Waals surface area contributed by atoms with E-state index in [1.54, 1.807) is 6.07 Å². The molecule has 0 saturated heterocycles. The SMILES string of the molecule is Nc1cc(Nc2ccccc2)c(N)c(N)c1N. The van der Waals surface area contributed by atoms with E-state index in [-0.39, 0.29) is 0 Å². The topological polar surface area (TPSA) is 116 Å². The Balaban J connectivity index is 2.41. The monoisotopic (exact) mass is 229 g/mol. The first-order valence-corrected chi connectivity index (χ1v) is 5.14. The molecule has 9 N–H and O–H groups in total. The predicted octanol–water partition coefficient (Wildman–Crippen LogP) is 1.76. The van der Waals surface area contributed by atoms with Gasteiger partial charge in [-0.3, -0.25) is 0 Å². The molecule has 0 aliphatic rings. The first-order valence-electron chi connectivity index (χ1n) is 5.14. The van der Waals surface area contributed by atoms with Crippen molar-refractivity contribution < 1.29 is 0 Å². The molecule has 88 valence electrons. The molecule has 0 aromatic heterocycles. The molecular formula is C12H15N5. The summed E-state index contributed by atoms with van der Waals surface area (Å²) in [6.45, 7) is 0. The Labute approximate surface area is 99.4 Å². The van der Waals surface area contributed by atoms with Gasteiger partial charge in [0.1, 0.15) is 0 Å². The van der Waals surface area contributed by atoms with E-state index >= 15 is 0 Å². The third-order valence-corrected chi connectivity index (χ3v) is 2.53. The molecule has 0 heterocycles. The van der Waals surface area contributed by atoms with E-state index < -0.39 is 0 Å². The lowest BCUT2D eigenvalue weighted by atomic mass is 10.1. The van der Waals surface area contributed by atoms with Gasteiger partial charge in [0.2, 0.25) is 0 Å². The van der Waals surface area contributed by atoms with Gasteiger partial charge in [-0.15, -0.1) is 0 Å². The average molecular weight is 229 g/mol. The highest BCUT2D eigenvalue weighted by Gasteiger charge is 2.09. The van der Waals surface area contributed by atoms with E-state index in [0.29, 0.717) is 28.4 Å². The molecule has 2 aromatic carbocycles. The normalized spacial score (nSPS) is 10.1. The van der Waals surface area contributed by atoms with Crippen LogP contribution in [0.25, 0.3) is 0 Å². The number of anilines is 6. The molecule has 5 nitrogen and oxygen atoms in total. The highest BCUT2D eigenvalue weighted by Crippen LogP contribution is 2.36. The molecule has 5 heteroatoms. The summed E-state index contributed by atoms with van der Waals surface area (Å²) < 4.78 is 0. The lowest BCUT2D eigenvalue weighted by Gasteiger charge is -2.14. The van der Waals surface area contributed by atoms with Crippen LogP contribution in [0.5, 0.6) is 0 Å². The van der Waals surface area contributed by atoms with Gasteiger partial charge in [-0.1, -0.05) is 18.2 Å². The number of nitrogens with two attached hydrogens (primary N) is 4. The first kappa shape index (κ1) is 10.9. The minimum absolute atomic E-state index is 0.309. The molecule has 0 unspecified atom stereocenters. The van der Waals surface area contributed by atoms with Gasteiger partial charge in [0.15, 0.2) is 0 Å². The number of benzene rings is 2. The fourth-order valence-corrected chi connectivity index (χ4v) is 1.54. The van der Waals surface area contributed by atoms with Crippen LogP contribution in [0.3, 0.4) is 0 Å². The van der Waals surface area contributed by atoms with Crippen molar-refractivity contribution in [2.24, 2.45) is 0 Å². The minimum Gasteiger partial charge on any atom is -0.397 e. The molecule has 2 aromatic rings. The van der Waals surface area contributed by atoms with Crippen LogP contribution in [0.15, 0.2) is 36.4 Å². The molecule has 0 saturated carbocycles. The van der Waals surface area contributed by atoms with E-state index in [9.17, 15) is 0 Å². The summed E-state index contributed by atoms with van der Waals surface area (Å²) in [7, 11) is 0. The summed E-state index contributed by atoms with van der Waals surface area (Å²) in [5, 5.41) is 3.14. The molecular weight excluding hydrogens is 214 g/mol. The number of rotatable bonds is 2. The number of para-hydroxylation sites is 1. The Morgan fingerprint density at radius 2 is 1.41 bits per heavy atom. The van der Waals surface area contributed by atoms with Crippen molar-refractivity contribution in [3.8, 4) is 0 Å². The number of hydrogen-bond acceptors (Lipinski definition) is 5. The molecule has 0 radical (unpaired) electrons. The van der Waals surface area contributed by atoms with Gasteiger partial charge < -0.3 is 28.3 Å². The van der Waals surface area contributed by atoms with E-state index in [1.165, 1.54) is 0 Å². The standard InChI is InChI=1S/C12H15N5/c13-8-6-9(11(15)12(16)10(8)14)17-7-4-2-1-3-5-7/h1-6,17H,13-16H2. The van der Waals surface area contributed by atoms with Gasteiger partial charge in [-0.2, -0.15) is 0 Å². The Bertz CT molecular complexity index is 536. The quantitative estimate of drug-likeness (QED) is 0.503. The Hall–Kier alpha value is -2.56. The van der Waals surface area contributed by atoms with E-state index in [2.05, 4.69) is 5.32 Å². The molecule has 0 fully saturated rings. The third kappa shape index (κ3) is 2.03. The summed E-state index contributed by atoms with van der Waals surface area (Å²) >= 11 is 0. The van der Waals surface area contributed by atoms with Crippen LogP contribution in [0.1, 0.15) is 0 Å². The lowest BCUT2D eigenvalue weighted by Crippen LogP contribution is -2.06. The van der Waals surface area contributed by atoms with Gasteiger partial charge in [-0.05, 0) is 18.2 Å². The van der Waals surface area contributed by atoms with Crippen molar-refractivity contribution in [1.82, 2.24) is 0 Å². The van der Waals surface area contributed by atoms with Gasteiger partial charge in [0.05, 0.1) is 28.4 Å². The predicted molar refractivity (Wildman–Crippen MR) is 73.8 cm³/mol. The summed E-state index contributed by atoms with van der Waals surface area (Å²) in [5.41, 5.74) is 26.1. The summed E-state index contributed by atoms with van der Waals surface area (Å²) in [6.07, 6.45) is 0. The van der Waals surface area contributed by atoms with Crippen molar-refractivity contribution in [3.05, 3.63) is 36.4 Å². The van der Waals surface area contributed by atoms with Crippen LogP contribution in [-0.4, -0.2) is 0 Å². The van der Waals surface area contributed by atoms with Crippen LogP contribution in [0.2, 0.25) is 0 Å². The largest absolute Gasteiger partial charge is 0.397 e. The highest BCUT2D eigenvalue weighted by molar-refractivity contribution is 5.95. The van der Waals surface area contributed by atoms with E-state index in [0.717, 1.165) is 5.69 Å². The Kier molecular flexibility index (Phi) is 2.66. The van der Waals surface area contributed by atoms with Crippen LogP contribution < -0.4 is 28.3 Å². The summed E-state index contributed by atoms with van der Waals surface area (Å²) in [6, 6.07) is 11.3. The average Bonchev–Trinajstić information content (AvgIpc) is 2.35. The first-order chi connectivity index (χ1) is 8.09. The maximum Gasteiger partial charge on any atom is 0.0824 e. The van der Waals surface area contributed by atoms with Crippen LogP contribution in [-0.2, 0) is 0 Å². The Morgan fingerprint density at radius 1 is 0.765 bits per heavy atom. The fourth-order valence-electron chi connectivity index (χ4n) is 1.54. The fraction of sp³-hybridized carbons (Fsp3) is 0. The summed E-state index contributed by atoms with van der Waals surface area (Å²) in [4.78, 5) is 0. The Morgan fingerprint density at radius 3 is 2.06 bits per heavy atom. The van der Waals surface area contributed by atoms with Gasteiger partial charge in [-0.25, -0.2) is 0 Å². The van der Waals surface area contributed by atoms with Crippen molar-refractivity contribution in [3.63, 3.8) is 0 Å². The lowest BCUT2D eigenvalue weighted by molar-refractivity contribution is 1.54. The van der Waals surface area contributed by atoms with Gasteiger partial charge in [0, 0.05) is 5.69 Å². The van der Waals surface area contributed by atoms with Gasteiger partial charge in [0.25, 0.3) is 0 Å². The second kappa shape index (κ2) is 4.13. The zero-order valence-corrected chi connectivity index (χ0v) is 9.27. The van der Waals surface area contributed by atoms with Crippen molar-refractivity contribution in [1.29, 1.82) is 0 Å².